The van der Waals surface area contributed by atoms with Crippen LogP contribution in [-0.4, -0.2) is 27.1 Å². The molecule has 0 aliphatic heterocycles. The summed E-state index contributed by atoms with van der Waals surface area (Å²) in [5, 5.41) is 4.42. The Balaban J connectivity index is 1.38. The lowest BCUT2D eigenvalue weighted by Gasteiger charge is -2.23. The molecular formula is C28H23BrClN3O4S. The van der Waals surface area contributed by atoms with E-state index in [4.69, 9.17) is 16.3 Å². The third-order valence-corrected chi connectivity index (χ3v) is 7.90. The van der Waals surface area contributed by atoms with Gasteiger partial charge in [0.25, 0.3) is 15.9 Å². The molecule has 0 saturated heterocycles. The average molecular weight is 613 g/mol. The number of hydrazone groups is 1. The minimum absolute atomic E-state index is 0.0636. The van der Waals surface area contributed by atoms with Crippen LogP contribution in [0, 0.1) is 0 Å². The van der Waals surface area contributed by atoms with Crippen molar-refractivity contribution in [1.82, 2.24) is 5.43 Å². The van der Waals surface area contributed by atoms with Crippen molar-refractivity contribution in [2.45, 2.75) is 11.5 Å². The van der Waals surface area contributed by atoms with Gasteiger partial charge in [0.15, 0.2) is 0 Å². The first kappa shape index (κ1) is 27.4. The van der Waals surface area contributed by atoms with Gasteiger partial charge in [-0.2, -0.15) is 5.10 Å². The van der Waals surface area contributed by atoms with E-state index >= 15 is 0 Å². The van der Waals surface area contributed by atoms with Crippen molar-refractivity contribution in [2.24, 2.45) is 5.10 Å². The number of amides is 1. The molecule has 4 aromatic rings. The smallest absolute Gasteiger partial charge is 0.264 e. The molecule has 0 aliphatic rings. The molecule has 4 rings (SSSR count). The summed E-state index contributed by atoms with van der Waals surface area (Å²) in [6.07, 6.45) is 1.47. The van der Waals surface area contributed by atoms with E-state index in [2.05, 4.69) is 26.5 Å². The van der Waals surface area contributed by atoms with Crippen molar-refractivity contribution in [3.05, 3.63) is 124 Å². The molecule has 38 heavy (non-hydrogen) atoms. The Morgan fingerprint density at radius 1 is 0.921 bits per heavy atom. The van der Waals surface area contributed by atoms with Gasteiger partial charge in [-0.25, -0.2) is 13.8 Å². The van der Waals surface area contributed by atoms with E-state index in [1.807, 2.05) is 24.3 Å². The minimum Gasteiger partial charge on any atom is -0.489 e. The molecule has 0 heterocycles. The van der Waals surface area contributed by atoms with Gasteiger partial charge in [0.05, 0.1) is 16.8 Å². The van der Waals surface area contributed by atoms with Crippen molar-refractivity contribution in [3.8, 4) is 5.75 Å². The number of sulfonamides is 1. The van der Waals surface area contributed by atoms with Crippen molar-refractivity contribution in [2.75, 3.05) is 10.8 Å². The van der Waals surface area contributed by atoms with Crippen molar-refractivity contribution in [1.29, 1.82) is 0 Å². The Hall–Kier alpha value is -3.66. The standard InChI is InChI=1S/C28H23BrClN3O4S/c29-23-10-6-22(7-11-23)20-37-26-16-8-21(9-17-26)18-31-32-28(34)19-33(25-14-12-24(30)13-15-25)38(35,36)27-4-2-1-3-5-27/h1-18H,19-20H2,(H,32,34)/b31-18+. The number of hydrogen-bond donors (Lipinski definition) is 1. The molecule has 0 unspecified atom stereocenters. The van der Waals surface area contributed by atoms with E-state index in [9.17, 15) is 13.2 Å². The highest BCUT2D eigenvalue weighted by Crippen LogP contribution is 2.25. The third-order valence-electron chi connectivity index (χ3n) is 5.33. The molecular weight excluding hydrogens is 590 g/mol. The first-order chi connectivity index (χ1) is 18.3. The summed E-state index contributed by atoms with van der Waals surface area (Å²) in [5.74, 6) is 0.0870. The Kier molecular flexibility index (Phi) is 9.17. The van der Waals surface area contributed by atoms with Crippen LogP contribution in [0.4, 0.5) is 5.69 Å². The maximum Gasteiger partial charge on any atom is 0.264 e. The molecule has 7 nitrogen and oxygen atoms in total. The number of rotatable bonds is 10. The van der Waals surface area contributed by atoms with Crippen LogP contribution < -0.4 is 14.5 Å². The van der Waals surface area contributed by atoms with Gasteiger partial charge in [0.1, 0.15) is 18.9 Å². The zero-order valence-electron chi connectivity index (χ0n) is 20.0. The monoisotopic (exact) mass is 611 g/mol. The SMILES string of the molecule is O=C(CN(c1ccc(Cl)cc1)S(=O)(=O)c1ccccc1)N/N=C/c1ccc(OCc2ccc(Br)cc2)cc1. The van der Waals surface area contributed by atoms with Crippen LogP contribution in [0.5, 0.6) is 5.75 Å². The summed E-state index contributed by atoms with van der Waals surface area (Å²) in [7, 11) is -4.01. The lowest BCUT2D eigenvalue weighted by Crippen LogP contribution is -2.39. The summed E-state index contributed by atoms with van der Waals surface area (Å²) in [6, 6.07) is 29.2. The first-order valence-electron chi connectivity index (χ1n) is 11.4. The molecule has 0 spiro atoms. The Morgan fingerprint density at radius 2 is 1.58 bits per heavy atom. The number of benzene rings is 4. The van der Waals surface area contributed by atoms with Crippen molar-refractivity contribution in [3.63, 3.8) is 0 Å². The normalized spacial score (nSPS) is 11.3. The fourth-order valence-electron chi connectivity index (χ4n) is 3.38. The molecule has 0 fully saturated rings. The molecule has 1 N–H and O–H groups in total. The van der Waals surface area contributed by atoms with Crippen molar-refractivity contribution >= 4 is 55.4 Å². The van der Waals surface area contributed by atoms with E-state index in [0.29, 0.717) is 23.1 Å². The van der Waals surface area contributed by atoms with E-state index in [1.54, 1.807) is 66.7 Å². The maximum absolute atomic E-state index is 13.3. The number of nitrogens with one attached hydrogen (secondary N) is 1. The lowest BCUT2D eigenvalue weighted by molar-refractivity contribution is -0.119. The van der Waals surface area contributed by atoms with Gasteiger partial charge in [-0.3, -0.25) is 9.10 Å². The molecule has 10 heteroatoms. The summed E-state index contributed by atoms with van der Waals surface area (Å²) in [5.41, 5.74) is 4.47. The van der Waals surface area contributed by atoms with Gasteiger partial charge < -0.3 is 4.74 Å². The van der Waals surface area contributed by atoms with Gasteiger partial charge in [0.2, 0.25) is 0 Å². The number of nitrogens with zero attached hydrogens (tertiary/aromatic N) is 2. The fourth-order valence-corrected chi connectivity index (χ4v) is 5.22. The summed E-state index contributed by atoms with van der Waals surface area (Å²) >= 11 is 9.37. The summed E-state index contributed by atoms with van der Waals surface area (Å²) in [4.78, 5) is 12.7. The zero-order chi connectivity index (χ0) is 27.0. The van der Waals surface area contributed by atoms with Gasteiger partial charge in [-0.15, -0.1) is 0 Å². The number of hydrogen-bond acceptors (Lipinski definition) is 5. The van der Waals surface area contributed by atoms with E-state index in [0.717, 1.165) is 19.9 Å². The number of ether oxygens (including phenoxy) is 1. The molecule has 0 aliphatic carbocycles. The third kappa shape index (κ3) is 7.44. The number of halogens is 2. The highest BCUT2D eigenvalue weighted by Gasteiger charge is 2.27. The largest absolute Gasteiger partial charge is 0.489 e. The second-order valence-electron chi connectivity index (χ2n) is 8.08. The molecule has 1 amide bonds. The number of carbonyl (C=O) groups is 1. The predicted molar refractivity (Wildman–Crippen MR) is 153 cm³/mol. The van der Waals surface area contributed by atoms with Crippen LogP contribution in [0.15, 0.2) is 118 Å². The van der Waals surface area contributed by atoms with Crippen LogP contribution in [0.3, 0.4) is 0 Å². The Labute approximate surface area is 234 Å². The summed E-state index contributed by atoms with van der Waals surface area (Å²) in [6.45, 7) is -0.0359. The number of carbonyl (C=O) groups excluding carboxylic acids is 1. The highest BCUT2D eigenvalue weighted by molar-refractivity contribution is 9.10. The zero-order valence-corrected chi connectivity index (χ0v) is 23.2. The molecule has 0 atom stereocenters. The van der Waals surface area contributed by atoms with Gasteiger partial charge in [-0.05, 0) is 83.9 Å². The summed E-state index contributed by atoms with van der Waals surface area (Å²) < 4.78 is 34.4. The molecule has 0 radical (unpaired) electrons. The van der Waals surface area contributed by atoms with Crippen LogP contribution in [0.2, 0.25) is 5.02 Å². The molecule has 0 aromatic heterocycles. The molecule has 0 saturated carbocycles. The van der Waals surface area contributed by atoms with E-state index < -0.39 is 22.5 Å². The van der Waals surface area contributed by atoms with Gasteiger partial charge in [0, 0.05) is 9.50 Å². The second kappa shape index (κ2) is 12.7. The maximum atomic E-state index is 13.3. The Bertz CT molecular complexity index is 1500. The van der Waals surface area contributed by atoms with E-state index in [1.165, 1.54) is 18.3 Å². The van der Waals surface area contributed by atoms with Gasteiger partial charge in [-0.1, -0.05) is 57.9 Å². The van der Waals surface area contributed by atoms with Crippen LogP contribution in [0.1, 0.15) is 11.1 Å². The molecule has 194 valence electrons. The minimum atomic E-state index is -4.01. The fraction of sp³-hybridized carbons (Fsp3) is 0.0714. The van der Waals surface area contributed by atoms with Crippen LogP contribution in [-0.2, 0) is 21.4 Å². The number of anilines is 1. The molecule has 4 aromatic carbocycles. The molecule has 0 bridgehead atoms. The highest BCUT2D eigenvalue weighted by atomic mass is 79.9. The van der Waals surface area contributed by atoms with Crippen LogP contribution in [0.25, 0.3) is 0 Å². The van der Waals surface area contributed by atoms with Crippen LogP contribution >= 0.6 is 27.5 Å². The predicted octanol–water partition coefficient (Wildman–Crippen LogP) is 6.03. The van der Waals surface area contributed by atoms with E-state index in [-0.39, 0.29) is 4.90 Å². The Morgan fingerprint density at radius 3 is 2.24 bits per heavy atom. The first-order valence-corrected chi connectivity index (χ1v) is 14.0. The lowest BCUT2D eigenvalue weighted by atomic mass is 10.2. The second-order valence-corrected chi connectivity index (χ2v) is 11.3. The van der Waals surface area contributed by atoms with Crippen molar-refractivity contribution < 1.29 is 17.9 Å². The average Bonchev–Trinajstić information content (AvgIpc) is 2.93. The van der Waals surface area contributed by atoms with Gasteiger partial charge >= 0.3 is 0 Å². The quantitative estimate of drug-likeness (QED) is 0.175. The topological polar surface area (TPSA) is 88.1 Å².